The minimum Gasteiger partial charge on any atom is -0.465 e. The van der Waals surface area contributed by atoms with E-state index >= 15 is 0 Å². The summed E-state index contributed by atoms with van der Waals surface area (Å²) in [6.07, 6.45) is 1.71. The molecule has 1 atom stereocenters. The second kappa shape index (κ2) is 7.20. The zero-order valence-electron chi connectivity index (χ0n) is 13.4. The average molecular weight is 292 g/mol. The topological polar surface area (TPSA) is 68.3 Å². The van der Waals surface area contributed by atoms with Gasteiger partial charge in [0, 0.05) is 18.4 Å². The molecular weight excluding hydrogens is 268 g/mol. The van der Waals surface area contributed by atoms with E-state index in [1.54, 1.807) is 13.1 Å². The van der Waals surface area contributed by atoms with Crippen molar-refractivity contribution in [3.63, 3.8) is 0 Å². The average Bonchev–Trinajstić information content (AvgIpc) is 2.37. The van der Waals surface area contributed by atoms with Crippen LogP contribution in [-0.2, 0) is 20.9 Å². The van der Waals surface area contributed by atoms with Crippen molar-refractivity contribution in [3.8, 4) is 0 Å². The predicted molar refractivity (Wildman–Crippen MR) is 80.4 cm³/mol. The van der Waals surface area contributed by atoms with Gasteiger partial charge in [0.1, 0.15) is 5.92 Å². The zero-order valence-corrected chi connectivity index (χ0v) is 13.4. The molecule has 1 unspecified atom stereocenters. The number of hydrogen-bond donors (Lipinski definition) is 1. The molecule has 21 heavy (non-hydrogen) atoms. The molecule has 0 aromatic carbocycles. The van der Waals surface area contributed by atoms with E-state index in [0.29, 0.717) is 6.54 Å². The third-order valence-electron chi connectivity index (χ3n) is 3.09. The molecule has 0 saturated heterocycles. The number of ether oxygens (including phenoxy) is 1. The van der Waals surface area contributed by atoms with Crippen LogP contribution in [0, 0.1) is 18.3 Å². The number of rotatable bonds is 5. The van der Waals surface area contributed by atoms with Crippen LogP contribution < -0.4 is 5.32 Å². The van der Waals surface area contributed by atoms with Crippen molar-refractivity contribution in [2.45, 2.75) is 41.2 Å². The highest BCUT2D eigenvalue weighted by Gasteiger charge is 2.38. The van der Waals surface area contributed by atoms with Crippen molar-refractivity contribution >= 4 is 11.9 Å². The van der Waals surface area contributed by atoms with E-state index in [0.717, 1.165) is 11.3 Å². The summed E-state index contributed by atoms with van der Waals surface area (Å²) in [6.45, 7) is 9.79. The molecule has 5 heteroatoms. The lowest BCUT2D eigenvalue weighted by Gasteiger charge is -2.27. The molecule has 0 fully saturated rings. The lowest BCUT2D eigenvalue weighted by molar-refractivity contribution is -0.156. The van der Waals surface area contributed by atoms with Gasteiger partial charge in [0.05, 0.1) is 6.61 Å². The Morgan fingerprint density at radius 1 is 1.33 bits per heavy atom. The van der Waals surface area contributed by atoms with E-state index in [1.165, 1.54) is 0 Å². The van der Waals surface area contributed by atoms with Crippen LogP contribution in [-0.4, -0.2) is 23.5 Å². The van der Waals surface area contributed by atoms with Crippen molar-refractivity contribution in [2.75, 3.05) is 6.61 Å². The van der Waals surface area contributed by atoms with Gasteiger partial charge in [-0.05, 0) is 30.9 Å². The molecule has 0 aliphatic heterocycles. The second-order valence-electron chi connectivity index (χ2n) is 6.08. The van der Waals surface area contributed by atoms with E-state index in [-0.39, 0.29) is 12.5 Å². The Bertz CT molecular complexity index is 489. The van der Waals surface area contributed by atoms with E-state index < -0.39 is 17.3 Å². The standard InChI is InChI=1S/C16H24N2O3/c1-6-21-15(20)13(16(3,4)5)14(19)18-10-12-8-7-11(2)17-9-12/h7-9,13H,6,10H2,1-5H3,(H,18,19). The van der Waals surface area contributed by atoms with Crippen LogP contribution in [0.3, 0.4) is 0 Å². The monoisotopic (exact) mass is 292 g/mol. The first kappa shape index (κ1) is 17.1. The minimum atomic E-state index is -0.823. The van der Waals surface area contributed by atoms with Gasteiger partial charge < -0.3 is 10.1 Å². The van der Waals surface area contributed by atoms with Crippen LogP contribution in [0.5, 0.6) is 0 Å². The number of hydrogen-bond acceptors (Lipinski definition) is 4. The van der Waals surface area contributed by atoms with E-state index in [2.05, 4.69) is 10.3 Å². The molecule has 0 radical (unpaired) electrons. The quantitative estimate of drug-likeness (QED) is 0.667. The largest absolute Gasteiger partial charge is 0.465 e. The predicted octanol–water partition coefficient (Wildman–Crippen LogP) is 2.23. The SMILES string of the molecule is CCOC(=O)C(C(=O)NCc1ccc(C)nc1)C(C)(C)C. The first-order valence-corrected chi connectivity index (χ1v) is 7.11. The van der Waals surface area contributed by atoms with Crippen LogP contribution in [0.15, 0.2) is 18.3 Å². The van der Waals surface area contributed by atoms with Gasteiger partial charge in [0.2, 0.25) is 5.91 Å². The molecule has 0 bridgehead atoms. The summed E-state index contributed by atoms with van der Waals surface area (Å²) >= 11 is 0. The summed E-state index contributed by atoms with van der Waals surface area (Å²) in [5.41, 5.74) is 1.32. The highest BCUT2D eigenvalue weighted by atomic mass is 16.5. The van der Waals surface area contributed by atoms with Gasteiger partial charge in [-0.2, -0.15) is 0 Å². The maximum absolute atomic E-state index is 12.3. The smallest absolute Gasteiger partial charge is 0.319 e. The van der Waals surface area contributed by atoms with Crippen LogP contribution in [0.25, 0.3) is 0 Å². The molecule has 0 aliphatic rings. The third-order valence-corrected chi connectivity index (χ3v) is 3.09. The zero-order chi connectivity index (χ0) is 16.0. The summed E-state index contributed by atoms with van der Waals surface area (Å²) in [7, 11) is 0. The molecule has 1 aromatic rings. The van der Waals surface area contributed by atoms with Crippen LogP contribution in [0.4, 0.5) is 0 Å². The van der Waals surface area contributed by atoms with Gasteiger partial charge >= 0.3 is 5.97 Å². The number of pyridine rings is 1. The van der Waals surface area contributed by atoms with Crippen molar-refractivity contribution in [3.05, 3.63) is 29.6 Å². The van der Waals surface area contributed by atoms with Crippen LogP contribution >= 0.6 is 0 Å². The van der Waals surface area contributed by atoms with Crippen LogP contribution in [0.1, 0.15) is 39.0 Å². The highest BCUT2D eigenvalue weighted by Crippen LogP contribution is 2.27. The summed E-state index contributed by atoms with van der Waals surface area (Å²) in [6, 6.07) is 3.78. The van der Waals surface area contributed by atoms with Gasteiger partial charge in [-0.3, -0.25) is 14.6 Å². The lowest BCUT2D eigenvalue weighted by Crippen LogP contribution is -2.43. The molecule has 1 rings (SSSR count). The fourth-order valence-corrected chi connectivity index (χ4v) is 1.97. The minimum absolute atomic E-state index is 0.264. The van der Waals surface area contributed by atoms with Gasteiger partial charge in [0.15, 0.2) is 0 Å². The Labute approximate surface area is 126 Å². The first-order valence-electron chi connectivity index (χ1n) is 7.11. The Hall–Kier alpha value is -1.91. The molecular formula is C16H24N2O3. The Morgan fingerprint density at radius 3 is 2.48 bits per heavy atom. The van der Waals surface area contributed by atoms with Crippen LogP contribution in [0.2, 0.25) is 0 Å². The highest BCUT2D eigenvalue weighted by molar-refractivity contribution is 5.98. The summed E-state index contributed by atoms with van der Waals surface area (Å²) in [5.74, 6) is -1.62. The number of amides is 1. The molecule has 116 valence electrons. The lowest BCUT2D eigenvalue weighted by atomic mass is 9.80. The number of nitrogens with one attached hydrogen (secondary N) is 1. The molecule has 1 aromatic heterocycles. The van der Waals surface area contributed by atoms with Gasteiger partial charge in [0.25, 0.3) is 0 Å². The molecule has 0 spiro atoms. The summed E-state index contributed by atoms with van der Waals surface area (Å²) < 4.78 is 5.01. The molecule has 1 N–H and O–H groups in total. The number of carbonyl (C=O) groups excluding carboxylic acids is 2. The second-order valence-corrected chi connectivity index (χ2v) is 6.08. The molecule has 1 heterocycles. The molecule has 1 amide bonds. The fraction of sp³-hybridized carbons (Fsp3) is 0.562. The van der Waals surface area contributed by atoms with E-state index in [4.69, 9.17) is 4.74 Å². The number of nitrogens with zero attached hydrogens (tertiary/aromatic N) is 1. The number of aromatic nitrogens is 1. The van der Waals surface area contributed by atoms with Gasteiger partial charge in [-0.15, -0.1) is 0 Å². The first-order chi connectivity index (χ1) is 9.75. The van der Waals surface area contributed by atoms with E-state index in [1.807, 2.05) is 39.8 Å². The maximum Gasteiger partial charge on any atom is 0.319 e. The normalized spacial score (nSPS) is 12.6. The summed E-state index contributed by atoms with van der Waals surface area (Å²) in [4.78, 5) is 28.5. The number of esters is 1. The van der Waals surface area contributed by atoms with Crippen molar-refractivity contribution in [1.82, 2.24) is 10.3 Å². The molecule has 0 saturated carbocycles. The summed E-state index contributed by atoms with van der Waals surface area (Å²) in [5, 5.41) is 2.78. The number of carbonyl (C=O) groups is 2. The fourth-order valence-electron chi connectivity index (χ4n) is 1.97. The van der Waals surface area contributed by atoms with Gasteiger partial charge in [-0.25, -0.2) is 0 Å². The Morgan fingerprint density at radius 2 is 2.00 bits per heavy atom. The van der Waals surface area contributed by atoms with Gasteiger partial charge in [-0.1, -0.05) is 26.8 Å². The van der Waals surface area contributed by atoms with Crippen molar-refractivity contribution in [2.24, 2.45) is 11.3 Å². The molecule has 5 nitrogen and oxygen atoms in total. The van der Waals surface area contributed by atoms with E-state index in [9.17, 15) is 9.59 Å². The Balaban J connectivity index is 2.73. The third kappa shape index (κ3) is 5.17. The van der Waals surface area contributed by atoms with Crippen molar-refractivity contribution < 1.29 is 14.3 Å². The number of aryl methyl sites for hydroxylation is 1. The molecule has 0 aliphatic carbocycles. The Kier molecular flexibility index (Phi) is 5.88. The maximum atomic E-state index is 12.3. The van der Waals surface area contributed by atoms with Crippen molar-refractivity contribution in [1.29, 1.82) is 0 Å².